The van der Waals surface area contributed by atoms with Crippen LogP contribution in [-0.4, -0.2) is 39.1 Å². The molecular formula is C20H19F3N4O3S. The van der Waals surface area contributed by atoms with Crippen LogP contribution < -0.4 is 5.32 Å². The topological polar surface area (TPSA) is 82.2 Å². The molecule has 3 aromatic rings. The zero-order valence-electron chi connectivity index (χ0n) is 16.3. The Morgan fingerprint density at radius 3 is 2.87 bits per heavy atom. The van der Waals surface area contributed by atoms with E-state index in [0.29, 0.717) is 28.9 Å². The summed E-state index contributed by atoms with van der Waals surface area (Å²) in [7, 11) is 0. The fourth-order valence-corrected chi connectivity index (χ4v) is 4.22. The van der Waals surface area contributed by atoms with Crippen LogP contribution in [0.1, 0.15) is 34.6 Å². The lowest BCUT2D eigenvalue weighted by Gasteiger charge is -2.14. The van der Waals surface area contributed by atoms with Gasteiger partial charge in [0.2, 0.25) is 0 Å². The van der Waals surface area contributed by atoms with Crippen LogP contribution in [0, 0.1) is 0 Å². The first-order valence-corrected chi connectivity index (χ1v) is 10.6. The predicted octanol–water partition coefficient (Wildman–Crippen LogP) is 4.08. The Hall–Kier alpha value is -2.79. The molecule has 1 aliphatic rings. The van der Waals surface area contributed by atoms with Crippen molar-refractivity contribution in [1.29, 1.82) is 0 Å². The van der Waals surface area contributed by atoms with Gasteiger partial charge in [-0.2, -0.15) is 13.2 Å². The molecule has 7 nitrogen and oxygen atoms in total. The molecular weight excluding hydrogens is 433 g/mol. The number of alkyl halides is 3. The Kier molecular flexibility index (Phi) is 6.33. The fraction of sp³-hybridized carbons (Fsp3) is 0.350. The highest BCUT2D eigenvalue weighted by molar-refractivity contribution is 7.99. The van der Waals surface area contributed by atoms with Crippen molar-refractivity contribution in [2.75, 3.05) is 12.4 Å². The molecule has 3 heterocycles. The minimum Gasteiger partial charge on any atom is -0.472 e. The molecule has 31 heavy (non-hydrogen) atoms. The Morgan fingerprint density at radius 2 is 2.16 bits per heavy atom. The molecule has 0 bridgehead atoms. The van der Waals surface area contributed by atoms with Gasteiger partial charge < -0.3 is 14.5 Å². The Labute approximate surface area is 180 Å². The number of rotatable bonds is 7. The van der Waals surface area contributed by atoms with Gasteiger partial charge in [-0.25, -0.2) is 0 Å². The first-order chi connectivity index (χ1) is 14.9. The molecule has 1 amide bonds. The van der Waals surface area contributed by atoms with Gasteiger partial charge in [0, 0.05) is 12.4 Å². The summed E-state index contributed by atoms with van der Waals surface area (Å²) in [4.78, 5) is 12.2. The van der Waals surface area contributed by atoms with Crippen molar-refractivity contribution in [1.82, 2.24) is 20.1 Å². The van der Waals surface area contributed by atoms with E-state index in [1.165, 1.54) is 41.0 Å². The normalized spacial score (nSPS) is 16.5. The average molecular weight is 452 g/mol. The zero-order chi connectivity index (χ0) is 21.8. The number of halogens is 3. The van der Waals surface area contributed by atoms with Gasteiger partial charge >= 0.3 is 6.18 Å². The summed E-state index contributed by atoms with van der Waals surface area (Å²) < 4.78 is 51.8. The second kappa shape index (κ2) is 9.15. The number of hydrogen-bond donors (Lipinski definition) is 1. The number of nitrogens with one attached hydrogen (secondary N) is 1. The van der Waals surface area contributed by atoms with Gasteiger partial charge in [-0.1, -0.05) is 17.8 Å². The molecule has 164 valence electrons. The summed E-state index contributed by atoms with van der Waals surface area (Å²) in [6.45, 7) is 0.685. The molecule has 1 atom stereocenters. The number of benzene rings is 1. The van der Waals surface area contributed by atoms with Gasteiger partial charge in [-0.15, -0.1) is 10.2 Å². The van der Waals surface area contributed by atoms with Gasteiger partial charge in [0.15, 0.2) is 11.0 Å². The van der Waals surface area contributed by atoms with Gasteiger partial charge in [0.05, 0.1) is 35.7 Å². The molecule has 11 heteroatoms. The summed E-state index contributed by atoms with van der Waals surface area (Å²) >= 11 is 1.36. The van der Waals surface area contributed by atoms with Crippen molar-refractivity contribution < 1.29 is 27.1 Å². The standard InChI is InChI=1S/C20H19F3N4O3S/c21-20(22,23)14-3-1-4-15(9-14)27-17(10-24-18(28)13-6-8-29-11-13)25-26-19(27)31-12-16-5-2-7-30-16/h1,3-4,6,8-9,11,16H,2,5,7,10,12H2,(H,24,28). The maximum Gasteiger partial charge on any atom is 0.416 e. The maximum atomic E-state index is 13.2. The number of carbonyl (C=O) groups is 1. The first-order valence-electron chi connectivity index (χ1n) is 9.58. The summed E-state index contributed by atoms with van der Waals surface area (Å²) in [5.74, 6) is 0.533. The summed E-state index contributed by atoms with van der Waals surface area (Å²) in [5, 5.41) is 11.4. The van der Waals surface area contributed by atoms with E-state index in [0.717, 1.165) is 25.0 Å². The van der Waals surface area contributed by atoms with E-state index in [1.54, 1.807) is 6.07 Å². The quantitative estimate of drug-likeness (QED) is 0.544. The number of aromatic nitrogens is 3. The molecule has 1 aromatic carbocycles. The van der Waals surface area contributed by atoms with Crippen LogP contribution in [0.15, 0.2) is 52.4 Å². The predicted molar refractivity (Wildman–Crippen MR) is 106 cm³/mol. The van der Waals surface area contributed by atoms with Gasteiger partial charge in [-0.05, 0) is 37.1 Å². The molecule has 2 aromatic heterocycles. The SMILES string of the molecule is O=C(NCc1nnc(SCC2CCCO2)n1-c1cccc(C(F)(F)F)c1)c1ccoc1. The van der Waals surface area contributed by atoms with Crippen LogP contribution in [-0.2, 0) is 17.5 Å². The highest BCUT2D eigenvalue weighted by Gasteiger charge is 2.31. The molecule has 0 saturated carbocycles. The van der Waals surface area contributed by atoms with Crippen molar-refractivity contribution in [2.45, 2.75) is 36.8 Å². The highest BCUT2D eigenvalue weighted by atomic mass is 32.2. The van der Waals surface area contributed by atoms with Gasteiger partial charge in [0.25, 0.3) is 5.91 Å². The molecule has 1 N–H and O–H groups in total. The molecule has 1 saturated heterocycles. The first kappa shape index (κ1) is 21.4. The van der Waals surface area contributed by atoms with Crippen molar-refractivity contribution >= 4 is 17.7 Å². The number of amides is 1. The van der Waals surface area contributed by atoms with E-state index < -0.39 is 11.7 Å². The number of hydrogen-bond acceptors (Lipinski definition) is 6. The van der Waals surface area contributed by atoms with Crippen LogP contribution >= 0.6 is 11.8 Å². The van der Waals surface area contributed by atoms with E-state index in [1.807, 2.05) is 0 Å². The highest BCUT2D eigenvalue weighted by Crippen LogP contribution is 2.32. The Morgan fingerprint density at radius 1 is 1.29 bits per heavy atom. The maximum absolute atomic E-state index is 13.2. The van der Waals surface area contributed by atoms with Gasteiger partial charge in [0.1, 0.15) is 6.26 Å². The number of furan rings is 1. The van der Waals surface area contributed by atoms with Crippen molar-refractivity contribution in [3.8, 4) is 5.69 Å². The van der Waals surface area contributed by atoms with E-state index in [-0.39, 0.29) is 24.2 Å². The lowest BCUT2D eigenvalue weighted by Crippen LogP contribution is -2.24. The Balaban J connectivity index is 1.60. The largest absolute Gasteiger partial charge is 0.472 e. The Bertz CT molecular complexity index is 1030. The number of nitrogens with zero attached hydrogens (tertiary/aromatic N) is 3. The molecule has 1 aliphatic heterocycles. The van der Waals surface area contributed by atoms with E-state index >= 15 is 0 Å². The third kappa shape index (κ3) is 5.10. The van der Waals surface area contributed by atoms with E-state index in [4.69, 9.17) is 9.15 Å². The molecule has 4 rings (SSSR count). The number of thioether (sulfide) groups is 1. The number of carbonyl (C=O) groups excluding carboxylic acids is 1. The minimum absolute atomic E-state index is 0.0201. The monoisotopic (exact) mass is 452 g/mol. The molecule has 1 unspecified atom stereocenters. The fourth-order valence-electron chi connectivity index (χ4n) is 3.19. The van der Waals surface area contributed by atoms with Gasteiger partial charge in [-0.3, -0.25) is 9.36 Å². The smallest absolute Gasteiger partial charge is 0.416 e. The lowest BCUT2D eigenvalue weighted by atomic mass is 10.2. The van der Waals surface area contributed by atoms with Crippen molar-refractivity contribution in [2.24, 2.45) is 0 Å². The molecule has 0 radical (unpaired) electrons. The molecule has 0 aliphatic carbocycles. The van der Waals surface area contributed by atoms with E-state index in [9.17, 15) is 18.0 Å². The second-order valence-corrected chi connectivity index (χ2v) is 7.91. The minimum atomic E-state index is -4.48. The van der Waals surface area contributed by atoms with Crippen molar-refractivity contribution in [3.05, 3.63) is 59.8 Å². The third-order valence-corrected chi connectivity index (χ3v) is 5.81. The summed E-state index contributed by atoms with van der Waals surface area (Å²) in [5.41, 5.74) is -0.178. The van der Waals surface area contributed by atoms with Crippen LogP contribution in [0.5, 0.6) is 0 Å². The van der Waals surface area contributed by atoms with Crippen LogP contribution in [0.3, 0.4) is 0 Å². The second-order valence-electron chi connectivity index (χ2n) is 6.92. The van der Waals surface area contributed by atoms with Crippen LogP contribution in [0.25, 0.3) is 5.69 Å². The zero-order valence-corrected chi connectivity index (χ0v) is 17.1. The van der Waals surface area contributed by atoms with Crippen molar-refractivity contribution in [3.63, 3.8) is 0 Å². The van der Waals surface area contributed by atoms with E-state index in [2.05, 4.69) is 15.5 Å². The summed E-state index contributed by atoms with van der Waals surface area (Å²) in [6, 6.07) is 6.45. The lowest BCUT2D eigenvalue weighted by molar-refractivity contribution is -0.137. The van der Waals surface area contributed by atoms with Crippen LogP contribution in [0.4, 0.5) is 13.2 Å². The number of ether oxygens (including phenoxy) is 1. The molecule has 1 fully saturated rings. The summed E-state index contributed by atoms with van der Waals surface area (Å²) in [6.07, 6.45) is 0.177. The van der Waals surface area contributed by atoms with Crippen LogP contribution in [0.2, 0.25) is 0 Å². The molecule has 0 spiro atoms. The average Bonchev–Trinajstić information content (AvgIpc) is 3.52. The third-order valence-electron chi connectivity index (χ3n) is 4.74.